The SMILES string of the molecule is Cc1c(C(=O)O)n(C)c2c(Br)cc(C#N)cc12. The summed E-state index contributed by atoms with van der Waals surface area (Å²) in [5.41, 5.74) is 2.22. The zero-order valence-corrected chi connectivity index (χ0v) is 10.9. The number of carboxylic acids is 1. The van der Waals surface area contributed by atoms with Gasteiger partial charge in [-0.2, -0.15) is 5.26 Å². The van der Waals surface area contributed by atoms with E-state index in [9.17, 15) is 4.79 Å². The van der Waals surface area contributed by atoms with E-state index in [0.29, 0.717) is 11.1 Å². The molecule has 86 valence electrons. The number of aromatic nitrogens is 1. The van der Waals surface area contributed by atoms with E-state index in [2.05, 4.69) is 22.0 Å². The Balaban J connectivity index is 2.99. The molecule has 1 aromatic heterocycles. The summed E-state index contributed by atoms with van der Waals surface area (Å²) in [6.07, 6.45) is 0. The molecule has 0 radical (unpaired) electrons. The molecular weight excluding hydrogens is 284 g/mol. The Bertz CT molecular complexity index is 680. The fourth-order valence-corrected chi connectivity index (χ4v) is 2.81. The Labute approximate surface area is 106 Å². The first kappa shape index (κ1) is 11.7. The van der Waals surface area contributed by atoms with E-state index < -0.39 is 5.97 Å². The molecule has 5 heteroatoms. The molecule has 4 nitrogen and oxygen atoms in total. The maximum Gasteiger partial charge on any atom is 0.352 e. The zero-order valence-electron chi connectivity index (χ0n) is 9.28. The molecule has 0 amide bonds. The van der Waals surface area contributed by atoms with Gasteiger partial charge in [0.25, 0.3) is 0 Å². The maximum atomic E-state index is 11.2. The summed E-state index contributed by atoms with van der Waals surface area (Å²) < 4.78 is 2.35. The summed E-state index contributed by atoms with van der Waals surface area (Å²) in [6, 6.07) is 5.46. The second kappa shape index (κ2) is 3.90. The number of carbonyl (C=O) groups is 1. The number of carboxylic acid groups (broad SMARTS) is 1. The number of halogens is 1. The van der Waals surface area contributed by atoms with Gasteiger partial charge in [0.05, 0.1) is 17.1 Å². The van der Waals surface area contributed by atoms with E-state index in [1.165, 1.54) is 0 Å². The molecular formula is C12H9BrN2O2. The van der Waals surface area contributed by atoms with Crippen molar-refractivity contribution in [2.75, 3.05) is 0 Å². The molecule has 0 unspecified atom stereocenters. The molecule has 0 saturated carbocycles. The Kier molecular flexibility index (Phi) is 2.68. The van der Waals surface area contributed by atoms with Gasteiger partial charge in [0.15, 0.2) is 0 Å². The number of nitrogens with zero attached hydrogens (tertiary/aromatic N) is 2. The number of aromatic carboxylic acids is 1. The summed E-state index contributed by atoms with van der Waals surface area (Å²) in [6.45, 7) is 1.75. The summed E-state index contributed by atoms with van der Waals surface area (Å²) in [7, 11) is 1.70. The van der Waals surface area contributed by atoms with E-state index in [4.69, 9.17) is 10.4 Å². The molecule has 1 aromatic carbocycles. The van der Waals surface area contributed by atoms with Gasteiger partial charge in [-0.05, 0) is 40.5 Å². The average molecular weight is 293 g/mol. The molecule has 0 saturated heterocycles. The lowest BCUT2D eigenvalue weighted by Crippen LogP contribution is -2.05. The van der Waals surface area contributed by atoms with Crippen molar-refractivity contribution in [2.45, 2.75) is 6.92 Å². The number of rotatable bonds is 1. The van der Waals surface area contributed by atoms with Crippen LogP contribution in [0.15, 0.2) is 16.6 Å². The molecule has 0 spiro atoms. The first-order valence-corrected chi connectivity index (χ1v) is 5.68. The van der Waals surface area contributed by atoms with Crippen molar-refractivity contribution in [1.82, 2.24) is 4.57 Å². The van der Waals surface area contributed by atoms with Crippen LogP contribution in [0, 0.1) is 18.3 Å². The van der Waals surface area contributed by atoms with Crippen molar-refractivity contribution >= 4 is 32.8 Å². The highest BCUT2D eigenvalue weighted by atomic mass is 79.9. The van der Waals surface area contributed by atoms with Crippen molar-refractivity contribution in [2.24, 2.45) is 7.05 Å². The highest BCUT2D eigenvalue weighted by molar-refractivity contribution is 9.10. The van der Waals surface area contributed by atoms with E-state index in [-0.39, 0.29) is 5.69 Å². The van der Waals surface area contributed by atoms with Gasteiger partial charge in [0, 0.05) is 16.9 Å². The largest absolute Gasteiger partial charge is 0.477 e. The quantitative estimate of drug-likeness (QED) is 0.879. The zero-order chi connectivity index (χ0) is 12.7. The van der Waals surface area contributed by atoms with Crippen molar-refractivity contribution in [3.05, 3.63) is 33.4 Å². The molecule has 2 aromatic rings. The normalized spacial score (nSPS) is 10.5. The first-order valence-electron chi connectivity index (χ1n) is 4.89. The Hall–Kier alpha value is -1.80. The number of aryl methyl sites for hydroxylation is 2. The summed E-state index contributed by atoms with van der Waals surface area (Å²) in [5.74, 6) is -0.966. The number of hydrogen-bond donors (Lipinski definition) is 1. The highest BCUT2D eigenvalue weighted by Crippen LogP contribution is 2.31. The minimum atomic E-state index is -0.966. The molecule has 0 aliphatic rings. The molecule has 0 aliphatic carbocycles. The van der Waals surface area contributed by atoms with E-state index in [1.807, 2.05) is 0 Å². The van der Waals surface area contributed by atoms with E-state index in [1.54, 1.807) is 30.7 Å². The topological polar surface area (TPSA) is 66.0 Å². The summed E-state index contributed by atoms with van der Waals surface area (Å²) in [5, 5.41) is 18.9. The Morgan fingerprint density at radius 3 is 2.71 bits per heavy atom. The molecule has 0 fully saturated rings. The minimum Gasteiger partial charge on any atom is -0.477 e. The number of fused-ring (bicyclic) bond motifs is 1. The standard InChI is InChI=1S/C12H9BrN2O2/c1-6-8-3-7(5-14)4-9(13)11(8)15(2)10(6)12(16)17/h3-4H,1-2H3,(H,16,17). The van der Waals surface area contributed by atoms with Crippen LogP contribution in [-0.4, -0.2) is 15.6 Å². The maximum absolute atomic E-state index is 11.2. The van der Waals surface area contributed by atoms with Crippen LogP contribution in [0.2, 0.25) is 0 Å². The van der Waals surface area contributed by atoms with Crippen molar-refractivity contribution < 1.29 is 9.90 Å². The second-order valence-corrected chi connectivity index (χ2v) is 4.66. The molecule has 17 heavy (non-hydrogen) atoms. The van der Waals surface area contributed by atoms with Crippen LogP contribution in [0.4, 0.5) is 0 Å². The molecule has 0 aliphatic heterocycles. The molecule has 2 rings (SSSR count). The van der Waals surface area contributed by atoms with Crippen molar-refractivity contribution in [1.29, 1.82) is 5.26 Å². The highest BCUT2D eigenvalue weighted by Gasteiger charge is 2.19. The second-order valence-electron chi connectivity index (χ2n) is 3.80. The Morgan fingerprint density at radius 2 is 2.18 bits per heavy atom. The fourth-order valence-electron chi connectivity index (χ4n) is 2.09. The molecule has 0 bridgehead atoms. The van der Waals surface area contributed by atoms with Crippen LogP contribution in [0.25, 0.3) is 10.9 Å². The third-order valence-electron chi connectivity index (χ3n) is 2.83. The predicted molar refractivity (Wildman–Crippen MR) is 67.0 cm³/mol. The summed E-state index contributed by atoms with van der Waals surface area (Å²) in [4.78, 5) is 11.2. The fraction of sp³-hybridized carbons (Fsp3) is 0.167. The van der Waals surface area contributed by atoms with Gasteiger partial charge >= 0.3 is 5.97 Å². The van der Waals surface area contributed by atoms with Crippen molar-refractivity contribution in [3.63, 3.8) is 0 Å². The van der Waals surface area contributed by atoms with Crippen LogP contribution >= 0.6 is 15.9 Å². The van der Waals surface area contributed by atoms with Gasteiger partial charge in [-0.25, -0.2) is 4.79 Å². The van der Waals surface area contributed by atoms with Crippen LogP contribution in [0.5, 0.6) is 0 Å². The predicted octanol–water partition coefficient (Wildman–Crippen LogP) is 2.82. The monoisotopic (exact) mass is 292 g/mol. The minimum absolute atomic E-state index is 0.246. The van der Waals surface area contributed by atoms with Crippen LogP contribution in [0.3, 0.4) is 0 Å². The molecule has 0 atom stereocenters. The lowest BCUT2D eigenvalue weighted by molar-refractivity contribution is 0.0686. The van der Waals surface area contributed by atoms with Gasteiger partial charge in [-0.3, -0.25) is 0 Å². The lowest BCUT2D eigenvalue weighted by atomic mass is 10.1. The molecule has 1 N–H and O–H groups in total. The van der Waals surface area contributed by atoms with Gasteiger partial charge in [-0.1, -0.05) is 0 Å². The van der Waals surface area contributed by atoms with Gasteiger partial charge in [0.2, 0.25) is 0 Å². The third-order valence-corrected chi connectivity index (χ3v) is 3.43. The smallest absolute Gasteiger partial charge is 0.352 e. The van der Waals surface area contributed by atoms with E-state index in [0.717, 1.165) is 15.4 Å². The number of benzene rings is 1. The molecule has 1 heterocycles. The average Bonchev–Trinajstić information content (AvgIpc) is 2.51. The Morgan fingerprint density at radius 1 is 1.53 bits per heavy atom. The van der Waals surface area contributed by atoms with Gasteiger partial charge < -0.3 is 9.67 Å². The van der Waals surface area contributed by atoms with Gasteiger partial charge in [-0.15, -0.1) is 0 Å². The van der Waals surface area contributed by atoms with E-state index >= 15 is 0 Å². The first-order chi connectivity index (χ1) is 7.97. The van der Waals surface area contributed by atoms with Crippen molar-refractivity contribution in [3.8, 4) is 6.07 Å². The summed E-state index contributed by atoms with van der Waals surface area (Å²) >= 11 is 3.37. The number of nitriles is 1. The number of hydrogen-bond acceptors (Lipinski definition) is 2. The van der Waals surface area contributed by atoms with Gasteiger partial charge in [0.1, 0.15) is 5.69 Å². The lowest BCUT2D eigenvalue weighted by Gasteiger charge is -2.01. The van der Waals surface area contributed by atoms with Crippen LogP contribution < -0.4 is 0 Å². The van der Waals surface area contributed by atoms with Crippen LogP contribution in [-0.2, 0) is 7.05 Å². The third kappa shape index (κ3) is 1.61. The van der Waals surface area contributed by atoms with Crippen LogP contribution in [0.1, 0.15) is 21.6 Å².